The van der Waals surface area contributed by atoms with E-state index in [0.29, 0.717) is 17.8 Å². The third-order valence-corrected chi connectivity index (χ3v) is 6.25. The first-order valence-corrected chi connectivity index (χ1v) is 10.1. The van der Waals surface area contributed by atoms with E-state index in [9.17, 15) is 4.79 Å². The highest BCUT2D eigenvalue weighted by atomic mass is 32.1. The molecular formula is C22H17N5OS. The minimum atomic E-state index is -0.100. The van der Waals surface area contributed by atoms with Crippen LogP contribution in [-0.4, -0.2) is 20.7 Å². The number of fused-ring (bicyclic) bond motifs is 2. The molecule has 1 atom stereocenters. The number of aromatic nitrogens is 3. The van der Waals surface area contributed by atoms with Gasteiger partial charge >= 0.3 is 0 Å². The van der Waals surface area contributed by atoms with Crippen molar-refractivity contribution in [2.75, 3.05) is 5.32 Å². The summed E-state index contributed by atoms with van der Waals surface area (Å²) in [5, 5.41) is 17.5. The topological polar surface area (TPSA) is 83.6 Å². The molecule has 0 saturated carbocycles. The number of benzene rings is 2. The minimum absolute atomic E-state index is 0.0510. The number of carbonyl (C=O) groups is 1. The van der Waals surface area contributed by atoms with Crippen molar-refractivity contribution in [2.24, 2.45) is 0 Å². The molecule has 5 rings (SSSR count). The number of hydrogen-bond donors (Lipinski definition) is 1. The average molecular weight is 399 g/mol. The molecule has 2 aromatic heterocycles. The van der Waals surface area contributed by atoms with Crippen molar-refractivity contribution in [2.45, 2.75) is 26.2 Å². The second-order valence-corrected chi connectivity index (χ2v) is 8.27. The van der Waals surface area contributed by atoms with E-state index < -0.39 is 0 Å². The van der Waals surface area contributed by atoms with E-state index in [-0.39, 0.29) is 11.8 Å². The van der Waals surface area contributed by atoms with Crippen molar-refractivity contribution >= 4 is 33.3 Å². The fourth-order valence-corrected chi connectivity index (χ4v) is 4.89. The predicted octanol–water partition coefficient (Wildman–Crippen LogP) is 4.44. The molecular weight excluding hydrogens is 382 g/mol. The molecule has 29 heavy (non-hydrogen) atoms. The Morgan fingerprint density at radius 1 is 1.21 bits per heavy atom. The summed E-state index contributed by atoms with van der Waals surface area (Å²) in [5.74, 6) is 0.533. The van der Waals surface area contributed by atoms with Crippen molar-refractivity contribution < 1.29 is 4.79 Å². The monoisotopic (exact) mass is 399 g/mol. The summed E-state index contributed by atoms with van der Waals surface area (Å²) in [6.45, 7) is 4.02. The van der Waals surface area contributed by atoms with Crippen LogP contribution in [0.4, 0.5) is 5.82 Å². The zero-order valence-electron chi connectivity index (χ0n) is 15.9. The van der Waals surface area contributed by atoms with Gasteiger partial charge in [0.05, 0.1) is 27.5 Å². The van der Waals surface area contributed by atoms with Crippen molar-refractivity contribution in [1.29, 1.82) is 5.26 Å². The molecule has 0 unspecified atom stereocenters. The van der Waals surface area contributed by atoms with Crippen molar-refractivity contribution in [3.8, 4) is 11.2 Å². The van der Waals surface area contributed by atoms with Crippen molar-refractivity contribution in [3.05, 3.63) is 70.4 Å². The summed E-state index contributed by atoms with van der Waals surface area (Å²) in [7, 11) is 0. The highest BCUT2D eigenvalue weighted by Crippen LogP contribution is 2.41. The molecule has 0 spiro atoms. The molecule has 0 radical (unpaired) electrons. The van der Waals surface area contributed by atoms with Gasteiger partial charge in [-0.2, -0.15) is 15.0 Å². The molecule has 0 fully saturated rings. The van der Waals surface area contributed by atoms with E-state index >= 15 is 0 Å². The van der Waals surface area contributed by atoms with Gasteiger partial charge in [-0.3, -0.25) is 4.79 Å². The van der Waals surface area contributed by atoms with Crippen LogP contribution in [0.3, 0.4) is 0 Å². The zero-order valence-corrected chi connectivity index (χ0v) is 16.7. The normalized spacial score (nSPS) is 15.8. The molecule has 6 nitrogen and oxygen atoms in total. The predicted molar refractivity (Wildman–Crippen MR) is 112 cm³/mol. The molecule has 0 aliphatic carbocycles. The second kappa shape index (κ2) is 6.54. The number of nitrogens with zero attached hydrogens (tertiary/aromatic N) is 4. The van der Waals surface area contributed by atoms with E-state index in [0.717, 1.165) is 32.2 Å². The van der Waals surface area contributed by atoms with E-state index in [1.165, 1.54) is 5.56 Å². The molecule has 1 aliphatic rings. The van der Waals surface area contributed by atoms with Gasteiger partial charge in [0.15, 0.2) is 0 Å². The maximum absolute atomic E-state index is 12.5. The Morgan fingerprint density at radius 3 is 2.76 bits per heavy atom. The van der Waals surface area contributed by atoms with Crippen LogP contribution in [0.1, 0.15) is 40.3 Å². The van der Waals surface area contributed by atoms with Crippen molar-refractivity contribution in [1.82, 2.24) is 14.8 Å². The summed E-state index contributed by atoms with van der Waals surface area (Å²) < 4.78 is 2.84. The van der Waals surface area contributed by atoms with Crippen LogP contribution in [0.5, 0.6) is 0 Å². The lowest BCUT2D eigenvalue weighted by Gasteiger charge is -2.24. The molecule has 1 amide bonds. The third kappa shape index (κ3) is 2.89. The molecule has 4 aromatic rings. The van der Waals surface area contributed by atoms with Gasteiger partial charge in [0, 0.05) is 17.9 Å². The molecule has 3 heterocycles. The van der Waals surface area contributed by atoms with Crippen LogP contribution in [0.15, 0.2) is 42.5 Å². The number of aryl methyl sites for hydroxylation is 2. The smallest absolute Gasteiger partial charge is 0.226 e. The SMILES string of the molecule is Cc1ccc2nc(-n3nc(C)c4c3NC(=O)C[C@@H]4c3ccc(C#N)cc3)sc2c1. The Kier molecular flexibility index (Phi) is 3.96. The number of rotatable bonds is 2. The third-order valence-electron chi connectivity index (χ3n) is 5.26. The molecule has 1 N–H and O–H groups in total. The lowest BCUT2D eigenvalue weighted by Crippen LogP contribution is -2.24. The molecule has 1 aliphatic heterocycles. The lowest BCUT2D eigenvalue weighted by atomic mass is 9.85. The lowest BCUT2D eigenvalue weighted by molar-refractivity contribution is -0.116. The van der Waals surface area contributed by atoms with Gasteiger partial charge in [-0.25, -0.2) is 4.98 Å². The van der Waals surface area contributed by atoms with Crippen LogP contribution >= 0.6 is 11.3 Å². The molecule has 7 heteroatoms. The van der Waals surface area contributed by atoms with E-state index in [2.05, 4.69) is 24.4 Å². The Hall–Kier alpha value is -3.50. The quantitative estimate of drug-likeness (QED) is 0.540. The summed E-state index contributed by atoms with van der Waals surface area (Å²) in [6, 6.07) is 15.7. The van der Waals surface area contributed by atoms with Crippen LogP contribution in [0.2, 0.25) is 0 Å². The second-order valence-electron chi connectivity index (χ2n) is 7.27. The fraction of sp³-hybridized carbons (Fsp3) is 0.182. The summed E-state index contributed by atoms with van der Waals surface area (Å²) in [5.41, 5.74) is 5.58. The van der Waals surface area contributed by atoms with Gasteiger partial charge in [0.2, 0.25) is 11.0 Å². The number of anilines is 1. The van der Waals surface area contributed by atoms with Gasteiger partial charge in [-0.1, -0.05) is 29.5 Å². The first-order valence-electron chi connectivity index (χ1n) is 9.30. The Morgan fingerprint density at radius 2 is 2.00 bits per heavy atom. The minimum Gasteiger partial charge on any atom is -0.310 e. The van der Waals surface area contributed by atoms with Gasteiger partial charge in [-0.05, 0) is 49.2 Å². The average Bonchev–Trinajstić information content (AvgIpc) is 3.28. The maximum Gasteiger partial charge on any atom is 0.226 e. The molecule has 0 saturated heterocycles. The molecule has 142 valence electrons. The first kappa shape index (κ1) is 17.6. The van der Waals surface area contributed by atoms with E-state index in [1.54, 1.807) is 28.2 Å². The van der Waals surface area contributed by atoms with Crippen LogP contribution < -0.4 is 5.32 Å². The summed E-state index contributed by atoms with van der Waals surface area (Å²) in [4.78, 5) is 17.2. The Bertz CT molecular complexity index is 1310. The van der Waals surface area contributed by atoms with Crippen LogP contribution in [0.25, 0.3) is 15.3 Å². The van der Waals surface area contributed by atoms with Gasteiger partial charge in [-0.15, -0.1) is 0 Å². The van der Waals surface area contributed by atoms with Gasteiger partial charge in [0.25, 0.3) is 0 Å². The standard InChI is InChI=1S/C22H17N5OS/c1-12-3-8-17-18(9-12)29-22(24-17)27-21-20(13(2)26-27)16(10-19(28)25-21)15-6-4-14(11-23)5-7-15/h3-9,16H,10H2,1-2H3,(H,25,28)/t16-/m1/s1. The summed E-state index contributed by atoms with van der Waals surface area (Å²) >= 11 is 1.56. The number of carbonyl (C=O) groups excluding carboxylic acids is 1. The highest BCUT2D eigenvalue weighted by Gasteiger charge is 2.33. The fourth-order valence-electron chi connectivity index (χ4n) is 3.87. The van der Waals surface area contributed by atoms with Crippen LogP contribution in [-0.2, 0) is 4.79 Å². The molecule has 0 bridgehead atoms. The Balaban J connectivity index is 1.65. The number of nitrogens with one attached hydrogen (secondary N) is 1. The molecule has 2 aromatic carbocycles. The number of amides is 1. The zero-order chi connectivity index (χ0) is 20.1. The summed E-state index contributed by atoms with van der Waals surface area (Å²) in [6.07, 6.45) is 0.352. The number of nitriles is 1. The Labute approximate surface area is 171 Å². The van der Waals surface area contributed by atoms with E-state index in [1.807, 2.05) is 31.2 Å². The van der Waals surface area contributed by atoms with Crippen molar-refractivity contribution in [3.63, 3.8) is 0 Å². The van der Waals surface area contributed by atoms with Crippen LogP contribution in [0, 0.1) is 25.2 Å². The number of thiazole rings is 1. The first-order chi connectivity index (χ1) is 14.0. The van der Waals surface area contributed by atoms with Gasteiger partial charge < -0.3 is 5.32 Å². The maximum atomic E-state index is 12.5. The van der Waals surface area contributed by atoms with Gasteiger partial charge in [0.1, 0.15) is 5.82 Å². The largest absolute Gasteiger partial charge is 0.310 e. The number of hydrogen-bond acceptors (Lipinski definition) is 5. The van der Waals surface area contributed by atoms with E-state index in [4.69, 9.17) is 15.3 Å². The highest BCUT2D eigenvalue weighted by molar-refractivity contribution is 7.20.